The maximum atomic E-state index is 11.5. The second-order valence-corrected chi connectivity index (χ2v) is 8.32. The lowest BCUT2D eigenvalue weighted by molar-refractivity contribution is -0.116. The predicted octanol–water partition coefficient (Wildman–Crippen LogP) is 2.97. The van der Waals surface area contributed by atoms with Gasteiger partial charge in [0.25, 0.3) is 0 Å². The van der Waals surface area contributed by atoms with E-state index in [2.05, 4.69) is 10.2 Å². The molecule has 30 heavy (non-hydrogen) atoms. The van der Waals surface area contributed by atoms with Crippen LogP contribution in [0.4, 0.5) is 5.69 Å². The minimum atomic E-state index is -0.609. The van der Waals surface area contributed by atoms with Crippen LogP contribution < -0.4 is 19.5 Å². The number of rotatable bonds is 4. The molecule has 0 bridgehead atoms. The average molecular weight is 431 g/mol. The van der Waals surface area contributed by atoms with Crippen molar-refractivity contribution in [2.75, 3.05) is 25.2 Å². The van der Waals surface area contributed by atoms with Gasteiger partial charge in [-0.25, -0.2) is 0 Å². The third-order valence-corrected chi connectivity index (χ3v) is 6.15. The number of nitrogens with zero attached hydrogens (tertiary/aromatic N) is 1. The molecule has 3 aliphatic heterocycles. The van der Waals surface area contributed by atoms with Crippen molar-refractivity contribution in [3.8, 4) is 17.2 Å². The number of aliphatic hydroxyl groups is 1. The zero-order chi connectivity index (χ0) is 20.7. The summed E-state index contributed by atoms with van der Waals surface area (Å²) in [6, 6.07) is 9.36. The monoisotopic (exact) mass is 430 g/mol. The first-order valence-corrected chi connectivity index (χ1v) is 10.5. The number of aliphatic hydroxyl groups excluding tert-OH is 1. The molecule has 1 fully saturated rings. The van der Waals surface area contributed by atoms with Gasteiger partial charge in [0.1, 0.15) is 18.0 Å². The summed E-state index contributed by atoms with van der Waals surface area (Å²) in [5.74, 6) is 2.14. The van der Waals surface area contributed by atoms with E-state index in [4.69, 9.17) is 25.8 Å². The molecule has 2 atom stereocenters. The lowest BCUT2D eigenvalue weighted by Gasteiger charge is -2.36. The fourth-order valence-electron chi connectivity index (χ4n) is 4.19. The number of carbonyl (C=O) groups excluding carboxylic acids is 1. The fraction of sp³-hybridized carbons (Fsp3) is 0.409. The lowest BCUT2D eigenvalue weighted by atomic mass is 10.0. The van der Waals surface area contributed by atoms with Crippen LogP contribution in [-0.4, -0.2) is 48.0 Å². The second-order valence-electron chi connectivity index (χ2n) is 7.91. The van der Waals surface area contributed by atoms with E-state index in [0.29, 0.717) is 48.9 Å². The van der Waals surface area contributed by atoms with E-state index < -0.39 is 6.10 Å². The quantitative estimate of drug-likeness (QED) is 0.776. The van der Waals surface area contributed by atoms with Crippen molar-refractivity contribution in [1.29, 1.82) is 0 Å². The molecule has 3 aliphatic rings. The molecule has 8 heteroatoms. The Morgan fingerprint density at radius 1 is 1.20 bits per heavy atom. The van der Waals surface area contributed by atoms with Crippen molar-refractivity contribution in [3.05, 3.63) is 46.5 Å². The zero-order valence-corrected chi connectivity index (χ0v) is 17.2. The number of amides is 1. The topological polar surface area (TPSA) is 80.3 Å². The Labute approximate surface area is 179 Å². The lowest BCUT2D eigenvalue weighted by Crippen LogP contribution is -2.48. The number of halogens is 1. The Hall–Kier alpha value is -2.48. The van der Waals surface area contributed by atoms with Gasteiger partial charge in [0.15, 0.2) is 11.5 Å². The molecule has 1 amide bonds. The molecular weight excluding hydrogens is 408 g/mol. The third kappa shape index (κ3) is 3.93. The van der Waals surface area contributed by atoms with Gasteiger partial charge in [0, 0.05) is 42.8 Å². The molecule has 2 aromatic rings. The van der Waals surface area contributed by atoms with Crippen LogP contribution in [0.5, 0.6) is 17.2 Å². The van der Waals surface area contributed by atoms with E-state index in [9.17, 15) is 9.90 Å². The number of hydrogen-bond acceptors (Lipinski definition) is 6. The Balaban J connectivity index is 1.21. The van der Waals surface area contributed by atoms with E-state index in [1.54, 1.807) is 6.07 Å². The van der Waals surface area contributed by atoms with E-state index in [1.807, 2.05) is 24.3 Å². The first-order valence-electron chi connectivity index (χ1n) is 10.1. The first kappa shape index (κ1) is 19.5. The highest BCUT2D eigenvalue weighted by atomic mass is 35.5. The van der Waals surface area contributed by atoms with Crippen molar-refractivity contribution in [3.63, 3.8) is 0 Å². The molecule has 1 saturated heterocycles. The molecule has 5 rings (SSSR count). The van der Waals surface area contributed by atoms with Crippen LogP contribution in [0.3, 0.4) is 0 Å². The molecular formula is C22H23ClN2O5. The molecule has 0 saturated carbocycles. The molecule has 0 unspecified atom stereocenters. The first-order chi connectivity index (χ1) is 14.5. The molecule has 158 valence electrons. The molecule has 3 heterocycles. The third-order valence-electron chi connectivity index (χ3n) is 5.80. The van der Waals surface area contributed by atoms with E-state index in [0.717, 1.165) is 29.1 Å². The van der Waals surface area contributed by atoms with Crippen LogP contribution in [0.15, 0.2) is 30.3 Å². The van der Waals surface area contributed by atoms with Gasteiger partial charge in [0.2, 0.25) is 12.7 Å². The van der Waals surface area contributed by atoms with Crippen molar-refractivity contribution in [2.24, 2.45) is 0 Å². The summed E-state index contributed by atoms with van der Waals surface area (Å²) in [5.41, 5.74) is 2.86. The van der Waals surface area contributed by atoms with Crippen molar-refractivity contribution >= 4 is 23.2 Å². The number of piperidine rings is 1. The van der Waals surface area contributed by atoms with E-state index in [-0.39, 0.29) is 18.8 Å². The highest BCUT2D eigenvalue weighted by Gasteiger charge is 2.30. The summed E-state index contributed by atoms with van der Waals surface area (Å²) < 4.78 is 16.9. The standard InChI is InChI=1S/C22H23ClN2O5/c23-16-9-21-20(28-12-29-21)8-14(16)10-25-6-5-19(18(26)11-25)30-15-2-3-17-13(7-15)1-4-22(27)24-17/h2-3,7-9,18-19,26H,1,4-6,10-12H2,(H,24,27)/t18-,19-/m1/s1. The number of carbonyl (C=O) groups is 1. The molecule has 2 aromatic carbocycles. The van der Waals surface area contributed by atoms with Gasteiger partial charge >= 0.3 is 0 Å². The minimum absolute atomic E-state index is 0.0431. The minimum Gasteiger partial charge on any atom is -0.488 e. The van der Waals surface area contributed by atoms with Crippen LogP contribution >= 0.6 is 11.6 Å². The van der Waals surface area contributed by atoms with Gasteiger partial charge in [-0.15, -0.1) is 0 Å². The van der Waals surface area contributed by atoms with Crippen LogP contribution in [0, 0.1) is 0 Å². The Kier molecular flexibility index (Phi) is 5.18. The maximum Gasteiger partial charge on any atom is 0.231 e. The molecule has 0 aliphatic carbocycles. The van der Waals surface area contributed by atoms with Gasteiger partial charge in [-0.1, -0.05) is 11.6 Å². The molecule has 0 aromatic heterocycles. The average Bonchev–Trinajstić information content (AvgIpc) is 3.17. The Morgan fingerprint density at radius 3 is 2.87 bits per heavy atom. The zero-order valence-electron chi connectivity index (χ0n) is 16.4. The Bertz CT molecular complexity index is 982. The number of likely N-dealkylation sites (tertiary alicyclic amines) is 1. The summed E-state index contributed by atoms with van der Waals surface area (Å²) in [7, 11) is 0. The number of ether oxygens (including phenoxy) is 3. The van der Waals surface area contributed by atoms with Gasteiger partial charge in [0.05, 0.1) is 0 Å². The van der Waals surface area contributed by atoms with Crippen LogP contribution in [0.25, 0.3) is 0 Å². The van der Waals surface area contributed by atoms with Crippen molar-refractivity contribution < 1.29 is 24.1 Å². The number of fused-ring (bicyclic) bond motifs is 2. The molecule has 7 nitrogen and oxygen atoms in total. The van der Waals surface area contributed by atoms with Gasteiger partial charge in [-0.2, -0.15) is 0 Å². The van der Waals surface area contributed by atoms with E-state index >= 15 is 0 Å². The summed E-state index contributed by atoms with van der Waals surface area (Å²) in [4.78, 5) is 13.7. The molecule has 0 radical (unpaired) electrons. The van der Waals surface area contributed by atoms with E-state index in [1.165, 1.54) is 0 Å². The van der Waals surface area contributed by atoms with Gasteiger partial charge in [-0.3, -0.25) is 9.69 Å². The van der Waals surface area contributed by atoms with Crippen LogP contribution in [0.2, 0.25) is 5.02 Å². The highest BCUT2D eigenvalue weighted by Crippen LogP contribution is 2.37. The van der Waals surface area contributed by atoms with Gasteiger partial charge < -0.3 is 24.6 Å². The Morgan fingerprint density at radius 2 is 2.03 bits per heavy atom. The molecule has 2 N–H and O–H groups in total. The number of nitrogens with one attached hydrogen (secondary N) is 1. The van der Waals surface area contributed by atoms with Crippen molar-refractivity contribution in [1.82, 2.24) is 4.90 Å². The SMILES string of the molecule is O=C1CCc2cc(O[C@@H]3CCN(Cc4cc5c(cc4Cl)OCO5)C[C@H]3O)ccc2N1. The fourth-order valence-corrected chi connectivity index (χ4v) is 4.40. The van der Waals surface area contributed by atoms with Crippen LogP contribution in [-0.2, 0) is 17.8 Å². The maximum absolute atomic E-state index is 11.5. The van der Waals surface area contributed by atoms with Crippen molar-refractivity contribution in [2.45, 2.75) is 38.0 Å². The normalized spacial score (nSPS) is 23.1. The largest absolute Gasteiger partial charge is 0.488 e. The number of aryl methyl sites for hydroxylation is 1. The summed E-state index contributed by atoms with van der Waals surface area (Å²) >= 11 is 6.39. The van der Waals surface area contributed by atoms with Gasteiger partial charge in [-0.05, 0) is 48.2 Å². The number of β-amino-alcohol motifs (C(OH)–C–C–N with tert-alkyl or cyclic N) is 1. The molecule has 0 spiro atoms. The smallest absolute Gasteiger partial charge is 0.231 e. The predicted molar refractivity (Wildman–Crippen MR) is 111 cm³/mol. The summed E-state index contributed by atoms with van der Waals surface area (Å²) in [6.07, 6.45) is 1.01. The number of hydrogen-bond donors (Lipinski definition) is 2. The van der Waals surface area contributed by atoms with Crippen LogP contribution in [0.1, 0.15) is 24.0 Å². The summed E-state index contributed by atoms with van der Waals surface area (Å²) in [5, 5.41) is 14.2. The number of anilines is 1. The number of benzene rings is 2. The highest BCUT2D eigenvalue weighted by molar-refractivity contribution is 6.31. The summed E-state index contributed by atoms with van der Waals surface area (Å²) in [6.45, 7) is 2.12. The second kappa shape index (κ2) is 7.98.